The zero-order valence-electron chi connectivity index (χ0n) is 14.1. The van der Waals surface area contributed by atoms with Crippen LogP contribution in [0.1, 0.15) is 33.1 Å². The fourth-order valence-corrected chi connectivity index (χ4v) is 3.23. The summed E-state index contributed by atoms with van der Waals surface area (Å²) in [7, 11) is 0. The summed E-state index contributed by atoms with van der Waals surface area (Å²) in [5.41, 5.74) is 0.366. The van der Waals surface area contributed by atoms with Gasteiger partial charge in [0.25, 0.3) is 0 Å². The Bertz CT molecular complexity index is 638. The molecule has 1 aliphatic heterocycles. The molecule has 1 unspecified atom stereocenters. The molecule has 1 aliphatic rings. The molecule has 0 aliphatic carbocycles. The number of anilines is 1. The molecule has 1 saturated heterocycles. The largest absolute Gasteiger partial charge is 0.433 e. The van der Waals surface area contributed by atoms with E-state index < -0.39 is 12.5 Å². The molecule has 2 rings (SSSR count). The number of hydrogen-bond donors (Lipinski definition) is 1. The van der Waals surface area contributed by atoms with Gasteiger partial charge in [-0.05, 0) is 31.0 Å². The SMILES string of the molecule is CCC(CC)N1CC(C(=O)Nc2ccc(OC(F)F)c(Cl)c2)CC1=O. The molecular weight excluding hydrogens is 354 g/mol. The van der Waals surface area contributed by atoms with Crippen LogP contribution in [0.25, 0.3) is 0 Å². The monoisotopic (exact) mass is 374 g/mol. The highest BCUT2D eigenvalue weighted by molar-refractivity contribution is 6.32. The molecule has 1 atom stereocenters. The summed E-state index contributed by atoms with van der Waals surface area (Å²) in [4.78, 5) is 26.3. The molecular formula is C17H21ClF2N2O3. The van der Waals surface area contributed by atoms with E-state index in [0.717, 1.165) is 12.8 Å². The Hall–Kier alpha value is -1.89. The van der Waals surface area contributed by atoms with Gasteiger partial charge in [-0.15, -0.1) is 0 Å². The van der Waals surface area contributed by atoms with Gasteiger partial charge in [0.1, 0.15) is 5.75 Å². The van der Waals surface area contributed by atoms with E-state index in [-0.39, 0.29) is 35.0 Å². The lowest BCUT2D eigenvalue weighted by Crippen LogP contribution is -2.36. The summed E-state index contributed by atoms with van der Waals surface area (Å²) >= 11 is 5.87. The summed E-state index contributed by atoms with van der Waals surface area (Å²) in [6.45, 7) is 1.44. The smallest absolute Gasteiger partial charge is 0.387 e. The second-order valence-corrected chi connectivity index (χ2v) is 6.34. The quantitative estimate of drug-likeness (QED) is 0.787. The Labute approximate surface area is 150 Å². The van der Waals surface area contributed by atoms with Crippen LogP contribution in [0, 0.1) is 5.92 Å². The number of halogens is 3. The van der Waals surface area contributed by atoms with Gasteiger partial charge in [-0.1, -0.05) is 25.4 Å². The Morgan fingerprint density at radius 3 is 2.64 bits per heavy atom. The zero-order chi connectivity index (χ0) is 18.6. The molecule has 0 aromatic heterocycles. The molecule has 5 nitrogen and oxygen atoms in total. The van der Waals surface area contributed by atoms with Crippen molar-refractivity contribution in [2.24, 2.45) is 5.92 Å². The van der Waals surface area contributed by atoms with Gasteiger partial charge >= 0.3 is 6.61 Å². The minimum absolute atomic E-state index is 0.0208. The Morgan fingerprint density at radius 2 is 2.08 bits per heavy atom. The molecule has 1 aromatic carbocycles. The summed E-state index contributed by atoms with van der Waals surface area (Å²) in [5.74, 6) is -0.914. The van der Waals surface area contributed by atoms with Gasteiger partial charge in [-0.2, -0.15) is 8.78 Å². The molecule has 0 saturated carbocycles. The lowest BCUT2D eigenvalue weighted by atomic mass is 10.1. The second-order valence-electron chi connectivity index (χ2n) is 5.93. The van der Waals surface area contributed by atoms with E-state index >= 15 is 0 Å². The van der Waals surface area contributed by atoms with Crippen LogP contribution in [-0.4, -0.2) is 35.9 Å². The fourth-order valence-electron chi connectivity index (χ4n) is 3.00. The van der Waals surface area contributed by atoms with E-state index in [1.54, 1.807) is 4.90 Å². The molecule has 1 heterocycles. The van der Waals surface area contributed by atoms with E-state index in [1.165, 1.54) is 18.2 Å². The first-order chi connectivity index (χ1) is 11.8. The van der Waals surface area contributed by atoms with Gasteiger partial charge in [0.15, 0.2) is 0 Å². The van der Waals surface area contributed by atoms with Crippen LogP contribution in [0.5, 0.6) is 5.75 Å². The number of rotatable bonds is 7. The molecule has 0 spiro atoms. The molecule has 1 aromatic rings. The van der Waals surface area contributed by atoms with Crippen LogP contribution >= 0.6 is 11.6 Å². The van der Waals surface area contributed by atoms with Crippen LogP contribution in [0.2, 0.25) is 5.02 Å². The highest BCUT2D eigenvalue weighted by Gasteiger charge is 2.36. The first kappa shape index (κ1) is 19.4. The number of nitrogens with one attached hydrogen (secondary N) is 1. The van der Waals surface area contributed by atoms with E-state index in [0.29, 0.717) is 12.2 Å². The number of ether oxygens (including phenoxy) is 1. The Kier molecular flexibility index (Phi) is 6.58. The maximum Gasteiger partial charge on any atom is 0.387 e. The number of nitrogens with zero attached hydrogens (tertiary/aromatic N) is 1. The highest BCUT2D eigenvalue weighted by Crippen LogP contribution is 2.30. The number of carbonyl (C=O) groups excluding carboxylic acids is 2. The highest BCUT2D eigenvalue weighted by atomic mass is 35.5. The third-order valence-electron chi connectivity index (χ3n) is 4.33. The van der Waals surface area contributed by atoms with Gasteiger partial charge in [0, 0.05) is 24.7 Å². The summed E-state index contributed by atoms with van der Waals surface area (Å²) in [5, 5.41) is 2.65. The van der Waals surface area contributed by atoms with Gasteiger partial charge in [0.2, 0.25) is 11.8 Å². The topological polar surface area (TPSA) is 58.6 Å². The van der Waals surface area contributed by atoms with Gasteiger partial charge in [0.05, 0.1) is 10.9 Å². The molecule has 8 heteroatoms. The molecule has 0 bridgehead atoms. The van der Waals surface area contributed by atoms with Crippen LogP contribution in [-0.2, 0) is 9.59 Å². The number of likely N-dealkylation sites (tertiary alicyclic amines) is 1. The summed E-state index contributed by atoms with van der Waals surface area (Å²) < 4.78 is 28.7. The van der Waals surface area contributed by atoms with Crippen molar-refractivity contribution in [3.63, 3.8) is 0 Å². The summed E-state index contributed by atoms with van der Waals surface area (Å²) in [6, 6.07) is 4.18. The Morgan fingerprint density at radius 1 is 1.40 bits per heavy atom. The van der Waals surface area contributed by atoms with E-state index in [4.69, 9.17) is 11.6 Å². The standard InChI is InChI=1S/C17H21ClF2N2O3/c1-3-12(4-2)22-9-10(7-15(22)23)16(24)21-11-5-6-14(13(18)8-11)25-17(19)20/h5-6,8,10,12,17H,3-4,7,9H2,1-2H3,(H,21,24). The maximum absolute atomic E-state index is 12.4. The van der Waals surface area contributed by atoms with Gasteiger partial charge in [-0.25, -0.2) is 0 Å². The molecule has 0 radical (unpaired) electrons. The summed E-state index contributed by atoms with van der Waals surface area (Å²) in [6.07, 6.45) is 1.86. The van der Waals surface area contributed by atoms with Gasteiger partial charge in [-0.3, -0.25) is 9.59 Å². The lowest BCUT2D eigenvalue weighted by Gasteiger charge is -2.26. The number of hydrogen-bond acceptors (Lipinski definition) is 3. The molecule has 1 N–H and O–H groups in total. The Balaban J connectivity index is 2.01. The molecule has 1 fully saturated rings. The molecule has 25 heavy (non-hydrogen) atoms. The number of benzene rings is 1. The zero-order valence-corrected chi connectivity index (χ0v) is 14.9. The predicted octanol–water partition coefficient (Wildman–Crippen LogP) is 3.92. The predicted molar refractivity (Wildman–Crippen MR) is 90.9 cm³/mol. The van der Waals surface area contributed by atoms with Crippen molar-refractivity contribution in [1.82, 2.24) is 4.90 Å². The number of carbonyl (C=O) groups is 2. The van der Waals surface area contributed by atoms with Crippen molar-refractivity contribution in [2.45, 2.75) is 45.8 Å². The lowest BCUT2D eigenvalue weighted by molar-refractivity contribution is -0.130. The first-order valence-corrected chi connectivity index (χ1v) is 8.58. The minimum atomic E-state index is -2.97. The molecule has 2 amide bonds. The van der Waals surface area contributed by atoms with Crippen LogP contribution in [0.4, 0.5) is 14.5 Å². The van der Waals surface area contributed by atoms with Crippen molar-refractivity contribution >= 4 is 29.1 Å². The fraction of sp³-hybridized carbons (Fsp3) is 0.529. The first-order valence-electron chi connectivity index (χ1n) is 8.20. The van der Waals surface area contributed by atoms with Crippen LogP contribution in [0.15, 0.2) is 18.2 Å². The normalized spacial score (nSPS) is 17.5. The third-order valence-corrected chi connectivity index (χ3v) is 4.62. The molecule has 138 valence electrons. The van der Waals surface area contributed by atoms with E-state index in [2.05, 4.69) is 10.1 Å². The second kappa shape index (κ2) is 8.47. The maximum atomic E-state index is 12.4. The van der Waals surface area contributed by atoms with Crippen molar-refractivity contribution < 1.29 is 23.1 Å². The van der Waals surface area contributed by atoms with Crippen LogP contribution < -0.4 is 10.1 Å². The van der Waals surface area contributed by atoms with Crippen molar-refractivity contribution in [3.8, 4) is 5.75 Å². The number of amides is 2. The average molecular weight is 375 g/mol. The van der Waals surface area contributed by atoms with Crippen molar-refractivity contribution in [2.75, 3.05) is 11.9 Å². The van der Waals surface area contributed by atoms with E-state index in [9.17, 15) is 18.4 Å². The van der Waals surface area contributed by atoms with Gasteiger partial charge < -0.3 is 15.0 Å². The average Bonchev–Trinajstić information content (AvgIpc) is 2.93. The third kappa shape index (κ3) is 4.81. The van der Waals surface area contributed by atoms with Crippen molar-refractivity contribution in [3.05, 3.63) is 23.2 Å². The van der Waals surface area contributed by atoms with Crippen LogP contribution in [0.3, 0.4) is 0 Å². The van der Waals surface area contributed by atoms with Crippen molar-refractivity contribution in [1.29, 1.82) is 0 Å². The number of alkyl halides is 2. The minimum Gasteiger partial charge on any atom is -0.433 e. The van der Waals surface area contributed by atoms with E-state index in [1.807, 2.05) is 13.8 Å².